The molecule has 0 spiro atoms. The predicted molar refractivity (Wildman–Crippen MR) is 70.6 cm³/mol. The summed E-state index contributed by atoms with van der Waals surface area (Å²) in [7, 11) is -3.94. The first kappa shape index (κ1) is 15.4. The van der Waals surface area contributed by atoms with E-state index in [2.05, 4.69) is 4.72 Å². The highest BCUT2D eigenvalue weighted by Crippen LogP contribution is 2.15. The second kappa shape index (κ2) is 6.01. The summed E-state index contributed by atoms with van der Waals surface area (Å²) < 4.78 is 39.2. The molecule has 0 amide bonds. The van der Waals surface area contributed by atoms with E-state index in [9.17, 15) is 17.9 Å². The number of benzene rings is 1. The van der Waals surface area contributed by atoms with Gasteiger partial charge in [-0.15, -0.1) is 0 Å². The van der Waals surface area contributed by atoms with Crippen molar-refractivity contribution in [3.05, 3.63) is 30.1 Å². The summed E-state index contributed by atoms with van der Waals surface area (Å²) in [5.74, 6) is -0.429. The highest BCUT2D eigenvalue weighted by molar-refractivity contribution is 7.98. The van der Waals surface area contributed by atoms with Crippen molar-refractivity contribution in [1.29, 1.82) is 0 Å². The molecule has 0 bridgehead atoms. The van der Waals surface area contributed by atoms with Gasteiger partial charge in [-0.25, -0.2) is 17.5 Å². The Kier molecular flexibility index (Phi) is 5.15. The third-order valence-corrected chi connectivity index (χ3v) is 4.57. The Morgan fingerprint density at radius 2 is 2.06 bits per heavy atom. The van der Waals surface area contributed by atoms with Gasteiger partial charge in [0.1, 0.15) is 10.7 Å². The summed E-state index contributed by atoms with van der Waals surface area (Å²) >= 11 is 1.40. The number of aliphatic hydroxyl groups is 1. The number of nitrogens with one attached hydrogen (secondary N) is 1. The minimum Gasteiger partial charge on any atom is -0.388 e. The first-order chi connectivity index (χ1) is 8.28. The van der Waals surface area contributed by atoms with Crippen LogP contribution in [0, 0.1) is 5.82 Å². The Morgan fingerprint density at radius 1 is 1.44 bits per heavy atom. The normalized spacial score (nSPS) is 15.3. The van der Waals surface area contributed by atoms with Crippen molar-refractivity contribution in [2.45, 2.75) is 17.4 Å². The molecule has 102 valence electrons. The molecule has 1 aromatic rings. The minimum absolute atomic E-state index is 0.162. The van der Waals surface area contributed by atoms with Crippen LogP contribution in [0.4, 0.5) is 4.39 Å². The topological polar surface area (TPSA) is 66.4 Å². The van der Waals surface area contributed by atoms with Gasteiger partial charge in [0.15, 0.2) is 0 Å². The SMILES string of the molecule is CSCC(C)(O)CNS(=O)(=O)c1ccccc1F. The average molecular weight is 293 g/mol. The van der Waals surface area contributed by atoms with Gasteiger partial charge in [-0.05, 0) is 25.3 Å². The van der Waals surface area contributed by atoms with Crippen LogP contribution in [-0.4, -0.2) is 37.7 Å². The monoisotopic (exact) mass is 293 g/mol. The van der Waals surface area contributed by atoms with Crippen molar-refractivity contribution in [3.63, 3.8) is 0 Å². The zero-order valence-corrected chi connectivity index (χ0v) is 11.8. The van der Waals surface area contributed by atoms with E-state index in [1.54, 1.807) is 6.26 Å². The first-order valence-electron chi connectivity index (χ1n) is 5.24. The van der Waals surface area contributed by atoms with Crippen molar-refractivity contribution in [2.75, 3.05) is 18.6 Å². The van der Waals surface area contributed by atoms with Crippen LogP contribution in [0.15, 0.2) is 29.2 Å². The quantitative estimate of drug-likeness (QED) is 0.827. The lowest BCUT2D eigenvalue weighted by Gasteiger charge is -2.22. The maximum Gasteiger partial charge on any atom is 0.243 e. The van der Waals surface area contributed by atoms with Gasteiger partial charge in [0.05, 0.1) is 5.60 Å². The molecule has 0 aliphatic rings. The number of hydrogen-bond acceptors (Lipinski definition) is 4. The van der Waals surface area contributed by atoms with Crippen molar-refractivity contribution in [3.8, 4) is 0 Å². The van der Waals surface area contributed by atoms with Crippen molar-refractivity contribution in [2.24, 2.45) is 0 Å². The summed E-state index contributed by atoms with van der Waals surface area (Å²) in [5.41, 5.74) is -1.17. The Labute approximate surface area is 111 Å². The van der Waals surface area contributed by atoms with Crippen LogP contribution in [0.2, 0.25) is 0 Å². The molecule has 4 nitrogen and oxygen atoms in total. The molecule has 0 aliphatic heterocycles. The molecular weight excluding hydrogens is 277 g/mol. The molecule has 0 fully saturated rings. The van der Waals surface area contributed by atoms with Gasteiger partial charge < -0.3 is 5.11 Å². The van der Waals surface area contributed by atoms with E-state index < -0.39 is 26.3 Å². The van der Waals surface area contributed by atoms with Crippen LogP contribution >= 0.6 is 11.8 Å². The fourth-order valence-corrected chi connectivity index (χ4v) is 3.32. The van der Waals surface area contributed by atoms with Gasteiger partial charge >= 0.3 is 0 Å². The molecule has 0 aliphatic carbocycles. The third kappa shape index (κ3) is 4.24. The van der Waals surface area contributed by atoms with Crippen LogP contribution in [-0.2, 0) is 10.0 Å². The maximum atomic E-state index is 13.4. The number of halogens is 1. The zero-order chi connectivity index (χ0) is 13.8. The Balaban J connectivity index is 2.81. The van der Waals surface area contributed by atoms with Gasteiger partial charge in [0, 0.05) is 12.3 Å². The third-order valence-electron chi connectivity index (χ3n) is 2.22. The fraction of sp³-hybridized carbons (Fsp3) is 0.455. The van der Waals surface area contributed by atoms with Crippen LogP contribution in [0.3, 0.4) is 0 Å². The second-order valence-corrected chi connectivity index (χ2v) is 6.79. The molecule has 1 unspecified atom stereocenters. The highest BCUT2D eigenvalue weighted by atomic mass is 32.2. The van der Waals surface area contributed by atoms with Crippen LogP contribution in [0.25, 0.3) is 0 Å². The molecule has 1 atom stereocenters. The molecule has 0 saturated heterocycles. The standard InChI is InChI=1S/C11H16FNO3S2/c1-11(14,8-17-2)7-13-18(15,16)10-6-4-3-5-9(10)12/h3-6,13-14H,7-8H2,1-2H3. The van der Waals surface area contributed by atoms with Gasteiger partial charge in [-0.2, -0.15) is 11.8 Å². The lowest BCUT2D eigenvalue weighted by atomic mass is 10.1. The van der Waals surface area contributed by atoms with Gasteiger partial charge in [0.2, 0.25) is 10.0 Å². The van der Waals surface area contributed by atoms with E-state index in [0.29, 0.717) is 5.75 Å². The molecule has 0 saturated carbocycles. The molecule has 0 heterocycles. The first-order valence-corrected chi connectivity index (χ1v) is 8.12. The summed E-state index contributed by atoms with van der Waals surface area (Å²) in [4.78, 5) is -0.412. The van der Waals surface area contributed by atoms with E-state index in [-0.39, 0.29) is 6.54 Å². The zero-order valence-electron chi connectivity index (χ0n) is 10.2. The predicted octanol–water partition coefficient (Wildman–Crippen LogP) is 1.22. The van der Waals surface area contributed by atoms with Crippen LogP contribution in [0.1, 0.15) is 6.92 Å². The minimum atomic E-state index is -3.94. The molecule has 18 heavy (non-hydrogen) atoms. The Bertz CT molecular complexity index is 503. The van der Waals surface area contributed by atoms with E-state index in [4.69, 9.17) is 0 Å². The summed E-state index contributed by atoms with van der Waals surface area (Å²) in [6, 6.07) is 5.12. The van der Waals surface area contributed by atoms with Gasteiger partial charge in [0.25, 0.3) is 0 Å². The number of rotatable bonds is 6. The average Bonchev–Trinajstić information content (AvgIpc) is 2.27. The van der Waals surface area contributed by atoms with Crippen molar-refractivity contribution >= 4 is 21.8 Å². The second-order valence-electron chi connectivity index (χ2n) is 4.18. The largest absolute Gasteiger partial charge is 0.388 e. The molecular formula is C11H16FNO3S2. The lowest BCUT2D eigenvalue weighted by molar-refractivity contribution is 0.0908. The van der Waals surface area contributed by atoms with Crippen LogP contribution in [0.5, 0.6) is 0 Å². The maximum absolute atomic E-state index is 13.4. The highest BCUT2D eigenvalue weighted by Gasteiger charge is 2.25. The van der Waals surface area contributed by atoms with Gasteiger partial charge in [-0.3, -0.25) is 0 Å². The summed E-state index contributed by atoms with van der Waals surface area (Å²) in [6.45, 7) is 1.36. The van der Waals surface area contributed by atoms with E-state index in [0.717, 1.165) is 6.07 Å². The Hall–Kier alpha value is -0.630. The number of thioether (sulfide) groups is 1. The van der Waals surface area contributed by atoms with Crippen molar-refractivity contribution in [1.82, 2.24) is 4.72 Å². The fourth-order valence-electron chi connectivity index (χ4n) is 1.35. The van der Waals surface area contributed by atoms with E-state index in [1.807, 2.05) is 0 Å². The smallest absolute Gasteiger partial charge is 0.243 e. The van der Waals surface area contributed by atoms with Crippen molar-refractivity contribution < 1.29 is 17.9 Å². The Morgan fingerprint density at radius 3 is 2.61 bits per heavy atom. The number of hydrogen-bond donors (Lipinski definition) is 2. The molecule has 2 N–H and O–H groups in total. The lowest BCUT2D eigenvalue weighted by Crippen LogP contribution is -2.42. The molecule has 0 radical (unpaired) electrons. The summed E-state index contributed by atoms with van der Waals surface area (Å²) in [5, 5.41) is 9.85. The van der Waals surface area contributed by atoms with E-state index in [1.165, 1.54) is 36.9 Å². The molecule has 7 heteroatoms. The van der Waals surface area contributed by atoms with E-state index >= 15 is 0 Å². The number of sulfonamides is 1. The van der Waals surface area contributed by atoms with Crippen LogP contribution < -0.4 is 4.72 Å². The molecule has 1 aromatic carbocycles. The summed E-state index contributed by atoms with van der Waals surface area (Å²) in [6.07, 6.45) is 1.81. The molecule has 1 rings (SSSR count). The molecule has 0 aromatic heterocycles. The van der Waals surface area contributed by atoms with Gasteiger partial charge in [-0.1, -0.05) is 12.1 Å².